The van der Waals surface area contributed by atoms with E-state index in [4.69, 9.17) is 0 Å². The molecule has 98 valence electrons. The number of anilines is 2. The first kappa shape index (κ1) is 13.3. The number of aryl methyl sites for hydroxylation is 1. The van der Waals surface area contributed by atoms with Crippen molar-refractivity contribution >= 4 is 34.5 Å². The van der Waals surface area contributed by atoms with E-state index in [0.717, 1.165) is 5.56 Å². The van der Waals surface area contributed by atoms with Gasteiger partial charge in [0.1, 0.15) is 0 Å². The van der Waals surface area contributed by atoms with Gasteiger partial charge in [0.2, 0.25) is 5.91 Å². The number of carbonyl (C=O) groups is 2. The lowest BCUT2D eigenvalue weighted by Crippen LogP contribution is -2.11. The Labute approximate surface area is 115 Å². The molecule has 0 bridgehead atoms. The SMILES string of the molecule is CC(=O)Nc1cccc(NC(=O)c2cc(C)cs2)c1. The predicted molar refractivity (Wildman–Crippen MR) is 77.8 cm³/mol. The molecule has 0 fully saturated rings. The third-order valence-electron chi connectivity index (χ3n) is 2.40. The Morgan fingerprint density at radius 2 is 1.79 bits per heavy atom. The second-order valence-corrected chi connectivity index (χ2v) is 5.12. The standard InChI is InChI=1S/C14H14N2O2S/c1-9-6-13(19-8-9)14(18)16-12-5-3-4-11(7-12)15-10(2)17/h3-8H,1-2H3,(H,15,17)(H,16,18). The lowest BCUT2D eigenvalue weighted by atomic mass is 10.2. The predicted octanol–water partition coefficient (Wildman–Crippen LogP) is 3.27. The first-order valence-corrected chi connectivity index (χ1v) is 6.67. The summed E-state index contributed by atoms with van der Waals surface area (Å²) in [5.74, 6) is -0.282. The molecule has 0 radical (unpaired) electrons. The van der Waals surface area contributed by atoms with Crippen LogP contribution < -0.4 is 10.6 Å². The van der Waals surface area contributed by atoms with Crippen molar-refractivity contribution in [1.29, 1.82) is 0 Å². The van der Waals surface area contributed by atoms with Crippen LogP contribution in [0.25, 0.3) is 0 Å². The maximum absolute atomic E-state index is 12.0. The minimum Gasteiger partial charge on any atom is -0.326 e. The molecule has 0 unspecified atom stereocenters. The second-order valence-electron chi connectivity index (χ2n) is 4.20. The highest BCUT2D eigenvalue weighted by Crippen LogP contribution is 2.18. The van der Waals surface area contributed by atoms with Crippen LogP contribution >= 0.6 is 11.3 Å². The first-order valence-electron chi connectivity index (χ1n) is 5.79. The van der Waals surface area contributed by atoms with Crippen LogP contribution in [0, 0.1) is 6.92 Å². The summed E-state index contributed by atoms with van der Waals surface area (Å²) < 4.78 is 0. The zero-order chi connectivity index (χ0) is 13.8. The Morgan fingerprint density at radius 3 is 2.37 bits per heavy atom. The van der Waals surface area contributed by atoms with E-state index in [9.17, 15) is 9.59 Å². The Kier molecular flexibility index (Phi) is 3.97. The fraction of sp³-hybridized carbons (Fsp3) is 0.143. The Hall–Kier alpha value is -2.14. The van der Waals surface area contributed by atoms with Crippen LogP contribution in [0.15, 0.2) is 35.7 Å². The molecule has 0 aliphatic rings. The van der Waals surface area contributed by atoms with Gasteiger partial charge in [0, 0.05) is 18.3 Å². The first-order chi connectivity index (χ1) is 9.04. The van der Waals surface area contributed by atoms with Gasteiger partial charge in [-0.25, -0.2) is 0 Å². The molecular weight excluding hydrogens is 260 g/mol. The lowest BCUT2D eigenvalue weighted by Gasteiger charge is -2.06. The van der Waals surface area contributed by atoms with Crippen molar-refractivity contribution < 1.29 is 9.59 Å². The lowest BCUT2D eigenvalue weighted by molar-refractivity contribution is -0.114. The monoisotopic (exact) mass is 274 g/mol. The molecule has 0 aliphatic carbocycles. The number of hydrogen-bond acceptors (Lipinski definition) is 3. The third kappa shape index (κ3) is 3.66. The molecule has 19 heavy (non-hydrogen) atoms. The van der Waals surface area contributed by atoms with E-state index in [-0.39, 0.29) is 11.8 Å². The number of amides is 2. The summed E-state index contributed by atoms with van der Waals surface area (Å²) in [4.78, 5) is 23.6. The molecule has 2 aromatic rings. The van der Waals surface area contributed by atoms with E-state index in [1.54, 1.807) is 24.3 Å². The average Bonchev–Trinajstić information content (AvgIpc) is 2.75. The number of hydrogen-bond donors (Lipinski definition) is 2. The van der Waals surface area contributed by atoms with Gasteiger partial charge in [-0.15, -0.1) is 11.3 Å². The number of thiophene rings is 1. The molecule has 0 saturated carbocycles. The van der Waals surface area contributed by atoms with Crippen LogP contribution in [-0.2, 0) is 4.79 Å². The Balaban J connectivity index is 2.10. The molecule has 4 nitrogen and oxygen atoms in total. The van der Waals surface area contributed by atoms with Gasteiger partial charge < -0.3 is 10.6 Å². The summed E-state index contributed by atoms with van der Waals surface area (Å²) in [6, 6.07) is 8.90. The maximum atomic E-state index is 12.0. The van der Waals surface area contributed by atoms with Crippen LogP contribution in [0.5, 0.6) is 0 Å². The molecule has 1 aromatic heterocycles. The Bertz CT molecular complexity index is 619. The van der Waals surface area contributed by atoms with Gasteiger partial charge in [0.25, 0.3) is 5.91 Å². The van der Waals surface area contributed by atoms with E-state index in [2.05, 4.69) is 10.6 Å². The van der Waals surface area contributed by atoms with Gasteiger partial charge in [-0.05, 0) is 42.1 Å². The molecule has 2 amide bonds. The number of benzene rings is 1. The summed E-state index contributed by atoms with van der Waals surface area (Å²) in [7, 11) is 0. The summed E-state index contributed by atoms with van der Waals surface area (Å²) in [6.45, 7) is 3.39. The Morgan fingerprint density at radius 1 is 1.11 bits per heavy atom. The third-order valence-corrected chi connectivity index (χ3v) is 3.44. The van der Waals surface area contributed by atoms with E-state index in [1.807, 2.05) is 18.4 Å². The van der Waals surface area contributed by atoms with E-state index < -0.39 is 0 Å². The normalized spacial score (nSPS) is 10.0. The van der Waals surface area contributed by atoms with Crippen LogP contribution in [0.2, 0.25) is 0 Å². The molecule has 0 saturated heterocycles. The maximum Gasteiger partial charge on any atom is 0.265 e. The molecule has 2 rings (SSSR count). The van der Waals surface area contributed by atoms with Crippen molar-refractivity contribution in [2.75, 3.05) is 10.6 Å². The molecule has 5 heteroatoms. The minimum absolute atomic E-state index is 0.141. The minimum atomic E-state index is -0.141. The van der Waals surface area contributed by atoms with Gasteiger partial charge in [-0.3, -0.25) is 9.59 Å². The number of carbonyl (C=O) groups excluding carboxylic acids is 2. The zero-order valence-electron chi connectivity index (χ0n) is 10.7. The number of rotatable bonds is 3. The van der Waals surface area contributed by atoms with Crippen molar-refractivity contribution in [3.8, 4) is 0 Å². The van der Waals surface area contributed by atoms with E-state index in [0.29, 0.717) is 16.3 Å². The number of nitrogens with one attached hydrogen (secondary N) is 2. The van der Waals surface area contributed by atoms with Crippen LogP contribution in [0.1, 0.15) is 22.2 Å². The van der Waals surface area contributed by atoms with Crippen molar-refractivity contribution in [2.24, 2.45) is 0 Å². The van der Waals surface area contributed by atoms with Crippen molar-refractivity contribution in [3.63, 3.8) is 0 Å². The molecule has 0 aliphatic heterocycles. The average molecular weight is 274 g/mol. The van der Waals surface area contributed by atoms with E-state index in [1.165, 1.54) is 18.3 Å². The molecule has 1 heterocycles. The summed E-state index contributed by atoms with van der Waals surface area (Å²) >= 11 is 1.41. The van der Waals surface area contributed by atoms with Crippen molar-refractivity contribution in [3.05, 3.63) is 46.2 Å². The van der Waals surface area contributed by atoms with Gasteiger partial charge in [0.05, 0.1) is 4.88 Å². The van der Waals surface area contributed by atoms with Crippen LogP contribution in [-0.4, -0.2) is 11.8 Å². The molecule has 2 N–H and O–H groups in total. The highest BCUT2D eigenvalue weighted by atomic mass is 32.1. The van der Waals surface area contributed by atoms with Gasteiger partial charge >= 0.3 is 0 Å². The highest BCUT2D eigenvalue weighted by Gasteiger charge is 2.08. The summed E-state index contributed by atoms with van der Waals surface area (Å²) in [5.41, 5.74) is 2.39. The van der Waals surface area contributed by atoms with Crippen molar-refractivity contribution in [1.82, 2.24) is 0 Å². The van der Waals surface area contributed by atoms with Crippen LogP contribution in [0.4, 0.5) is 11.4 Å². The summed E-state index contributed by atoms with van der Waals surface area (Å²) in [6.07, 6.45) is 0. The van der Waals surface area contributed by atoms with Gasteiger partial charge in [-0.2, -0.15) is 0 Å². The fourth-order valence-electron chi connectivity index (χ4n) is 1.62. The molecule has 1 aromatic carbocycles. The van der Waals surface area contributed by atoms with Gasteiger partial charge in [0.15, 0.2) is 0 Å². The quantitative estimate of drug-likeness (QED) is 0.902. The molecule has 0 spiro atoms. The van der Waals surface area contributed by atoms with Gasteiger partial charge in [-0.1, -0.05) is 6.07 Å². The topological polar surface area (TPSA) is 58.2 Å². The molecule has 0 atom stereocenters. The van der Waals surface area contributed by atoms with E-state index >= 15 is 0 Å². The largest absolute Gasteiger partial charge is 0.326 e. The zero-order valence-corrected chi connectivity index (χ0v) is 11.5. The second kappa shape index (κ2) is 5.67. The van der Waals surface area contributed by atoms with Crippen molar-refractivity contribution in [2.45, 2.75) is 13.8 Å². The highest BCUT2D eigenvalue weighted by molar-refractivity contribution is 7.12. The summed E-state index contributed by atoms with van der Waals surface area (Å²) in [5, 5.41) is 7.41. The molecular formula is C14H14N2O2S. The van der Waals surface area contributed by atoms with Crippen LogP contribution in [0.3, 0.4) is 0 Å². The smallest absolute Gasteiger partial charge is 0.265 e. The fourth-order valence-corrected chi connectivity index (χ4v) is 2.41.